The lowest BCUT2D eigenvalue weighted by Crippen LogP contribution is -2.26. The van der Waals surface area contributed by atoms with Gasteiger partial charge < -0.3 is 0 Å². The van der Waals surface area contributed by atoms with Crippen LogP contribution in [0.3, 0.4) is 0 Å². The van der Waals surface area contributed by atoms with Gasteiger partial charge in [0.15, 0.2) is 0 Å². The SMILES string of the molecule is C#CC(CCC)NCc1ccc(C2CC2)cc1. The van der Waals surface area contributed by atoms with Crippen molar-refractivity contribution in [2.24, 2.45) is 0 Å². The molecule has 1 N–H and O–H groups in total. The summed E-state index contributed by atoms with van der Waals surface area (Å²) in [6, 6.07) is 9.18. The highest BCUT2D eigenvalue weighted by molar-refractivity contribution is 5.28. The van der Waals surface area contributed by atoms with Crippen molar-refractivity contribution >= 4 is 0 Å². The molecular weight excluding hydrogens is 206 g/mol. The van der Waals surface area contributed by atoms with Crippen LogP contribution in [0.5, 0.6) is 0 Å². The van der Waals surface area contributed by atoms with Gasteiger partial charge in [0.1, 0.15) is 0 Å². The van der Waals surface area contributed by atoms with Crippen LogP contribution in [0.25, 0.3) is 0 Å². The molecule has 0 aromatic heterocycles. The molecule has 1 aromatic rings. The molecular formula is C16H21N. The molecule has 1 aliphatic carbocycles. The van der Waals surface area contributed by atoms with Crippen LogP contribution in [0.15, 0.2) is 24.3 Å². The molecule has 0 spiro atoms. The lowest BCUT2D eigenvalue weighted by atomic mass is 10.1. The van der Waals surface area contributed by atoms with Crippen molar-refractivity contribution in [1.82, 2.24) is 5.32 Å². The Morgan fingerprint density at radius 3 is 2.59 bits per heavy atom. The average Bonchev–Trinajstić information content (AvgIpc) is 3.19. The van der Waals surface area contributed by atoms with E-state index in [1.165, 1.54) is 24.0 Å². The number of hydrogen-bond acceptors (Lipinski definition) is 1. The maximum Gasteiger partial charge on any atom is 0.0689 e. The maximum atomic E-state index is 5.48. The van der Waals surface area contributed by atoms with Gasteiger partial charge in [0.2, 0.25) is 0 Å². The van der Waals surface area contributed by atoms with Gasteiger partial charge in [-0.15, -0.1) is 6.42 Å². The van der Waals surface area contributed by atoms with E-state index in [1.54, 1.807) is 0 Å². The summed E-state index contributed by atoms with van der Waals surface area (Å²) in [7, 11) is 0. The number of terminal acetylenes is 1. The van der Waals surface area contributed by atoms with E-state index < -0.39 is 0 Å². The van der Waals surface area contributed by atoms with Gasteiger partial charge in [-0.1, -0.05) is 43.5 Å². The molecule has 17 heavy (non-hydrogen) atoms. The second-order valence-electron chi connectivity index (χ2n) is 4.90. The summed E-state index contributed by atoms with van der Waals surface area (Å²) < 4.78 is 0. The van der Waals surface area contributed by atoms with Crippen LogP contribution in [-0.2, 0) is 6.54 Å². The number of hydrogen-bond donors (Lipinski definition) is 1. The molecule has 0 bridgehead atoms. The normalized spacial score (nSPS) is 16.5. The molecule has 1 aliphatic rings. The number of rotatable bonds is 6. The van der Waals surface area contributed by atoms with Gasteiger partial charge in [0.25, 0.3) is 0 Å². The second kappa shape index (κ2) is 5.89. The van der Waals surface area contributed by atoms with Gasteiger partial charge in [-0.25, -0.2) is 0 Å². The molecule has 0 heterocycles. The Kier molecular flexibility index (Phi) is 4.23. The lowest BCUT2D eigenvalue weighted by Gasteiger charge is -2.12. The van der Waals surface area contributed by atoms with Crippen LogP contribution in [0.2, 0.25) is 0 Å². The topological polar surface area (TPSA) is 12.0 Å². The first-order chi connectivity index (χ1) is 8.33. The highest BCUT2D eigenvalue weighted by Crippen LogP contribution is 2.39. The zero-order valence-electron chi connectivity index (χ0n) is 10.6. The lowest BCUT2D eigenvalue weighted by molar-refractivity contribution is 0.563. The first-order valence-corrected chi connectivity index (χ1v) is 6.62. The molecule has 1 heteroatoms. The Bertz CT molecular complexity index is 381. The van der Waals surface area contributed by atoms with Crippen molar-refractivity contribution in [2.75, 3.05) is 0 Å². The van der Waals surface area contributed by atoms with Gasteiger partial charge >= 0.3 is 0 Å². The largest absolute Gasteiger partial charge is 0.300 e. The molecule has 90 valence electrons. The third-order valence-corrected chi connectivity index (χ3v) is 3.36. The van der Waals surface area contributed by atoms with E-state index in [0.29, 0.717) is 0 Å². The van der Waals surface area contributed by atoms with Crippen LogP contribution in [0, 0.1) is 12.3 Å². The number of nitrogens with one attached hydrogen (secondary N) is 1. The standard InChI is InChI=1S/C16H21N/c1-3-5-16(4-2)17-12-13-6-8-14(9-7-13)15-10-11-15/h2,6-9,15-17H,3,5,10-12H2,1H3. The van der Waals surface area contributed by atoms with Crippen molar-refractivity contribution in [3.05, 3.63) is 35.4 Å². The summed E-state index contributed by atoms with van der Waals surface area (Å²) in [4.78, 5) is 0. The minimum absolute atomic E-state index is 0.211. The molecule has 1 aromatic carbocycles. The molecule has 0 radical (unpaired) electrons. The van der Waals surface area contributed by atoms with E-state index in [0.717, 1.165) is 25.3 Å². The van der Waals surface area contributed by atoms with Crippen LogP contribution in [0.4, 0.5) is 0 Å². The zero-order chi connectivity index (χ0) is 12.1. The summed E-state index contributed by atoms with van der Waals surface area (Å²) in [5, 5.41) is 3.41. The minimum atomic E-state index is 0.211. The monoisotopic (exact) mass is 227 g/mol. The van der Waals surface area contributed by atoms with Crippen molar-refractivity contribution < 1.29 is 0 Å². The Morgan fingerprint density at radius 1 is 1.35 bits per heavy atom. The Labute approximate surface area is 105 Å². The summed E-state index contributed by atoms with van der Waals surface area (Å²) in [6.07, 6.45) is 10.4. The van der Waals surface area contributed by atoms with Crippen molar-refractivity contribution in [3.63, 3.8) is 0 Å². The fourth-order valence-corrected chi connectivity index (χ4v) is 2.10. The van der Waals surface area contributed by atoms with E-state index in [1.807, 2.05) is 0 Å². The molecule has 1 atom stereocenters. The van der Waals surface area contributed by atoms with E-state index >= 15 is 0 Å². The zero-order valence-corrected chi connectivity index (χ0v) is 10.6. The summed E-state index contributed by atoms with van der Waals surface area (Å²) in [5.74, 6) is 3.64. The molecule has 1 saturated carbocycles. The summed E-state index contributed by atoms with van der Waals surface area (Å²) in [5.41, 5.74) is 2.82. The quantitative estimate of drug-likeness (QED) is 0.734. The molecule has 2 rings (SSSR count). The third kappa shape index (κ3) is 3.61. The van der Waals surface area contributed by atoms with Gasteiger partial charge in [-0.2, -0.15) is 0 Å². The minimum Gasteiger partial charge on any atom is -0.300 e. The van der Waals surface area contributed by atoms with Crippen molar-refractivity contribution in [2.45, 2.75) is 51.1 Å². The molecule has 1 unspecified atom stereocenters. The molecule has 0 aliphatic heterocycles. The fraction of sp³-hybridized carbons (Fsp3) is 0.500. The second-order valence-corrected chi connectivity index (χ2v) is 4.90. The van der Waals surface area contributed by atoms with Gasteiger partial charge in [0.05, 0.1) is 6.04 Å². The first-order valence-electron chi connectivity index (χ1n) is 6.62. The molecule has 1 nitrogen and oxygen atoms in total. The predicted molar refractivity (Wildman–Crippen MR) is 72.8 cm³/mol. The van der Waals surface area contributed by atoms with E-state index in [-0.39, 0.29) is 6.04 Å². The molecule has 0 saturated heterocycles. The van der Waals surface area contributed by atoms with E-state index in [2.05, 4.69) is 42.4 Å². The van der Waals surface area contributed by atoms with E-state index in [4.69, 9.17) is 6.42 Å². The van der Waals surface area contributed by atoms with E-state index in [9.17, 15) is 0 Å². The van der Waals surface area contributed by atoms with Crippen LogP contribution >= 0.6 is 0 Å². The molecule has 1 fully saturated rings. The smallest absolute Gasteiger partial charge is 0.0689 e. The highest BCUT2D eigenvalue weighted by Gasteiger charge is 2.22. The fourth-order valence-electron chi connectivity index (χ4n) is 2.10. The maximum absolute atomic E-state index is 5.48. The van der Waals surface area contributed by atoms with Crippen LogP contribution in [0.1, 0.15) is 49.7 Å². The van der Waals surface area contributed by atoms with Gasteiger partial charge in [0, 0.05) is 6.54 Å². The predicted octanol–water partition coefficient (Wildman–Crippen LogP) is 3.46. The Morgan fingerprint density at radius 2 is 2.06 bits per heavy atom. The van der Waals surface area contributed by atoms with Crippen LogP contribution < -0.4 is 5.32 Å². The van der Waals surface area contributed by atoms with Crippen molar-refractivity contribution in [1.29, 1.82) is 0 Å². The third-order valence-electron chi connectivity index (χ3n) is 3.36. The Hall–Kier alpha value is -1.26. The highest BCUT2D eigenvalue weighted by atomic mass is 14.9. The summed E-state index contributed by atoms with van der Waals surface area (Å²) >= 11 is 0. The van der Waals surface area contributed by atoms with Gasteiger partial charge in [-0.05, 0) is 36.3 Å². The summed E-state index contributed by atoms with van der Waals surface area (Å²) in [6.45, 7) is 3.04. The first kappa shape index (κ1) is 12.2. The van der Waals surface area contributed by atoms with Crippen LogP contribution in [-0.4, -0.2) is 6.04 Å². The Balaban J connectivity index is 1.84. The number of benzene rings is 1. The van der Waals surface area contributed by atoms with Crippen molar-refractivity contribution in [3.8, 4) is 12.3 Å². The average molecular weight is 227 g/mol. The van der Waals surface area contributed by atoms with Gasteiger partial charge in [-0.3, -0.25) is 5.32 Å². The molecule has 0 amide bonds.